The van der Waals surface area contributed by atoms with Crippen LogP contribution in [0, 0.1) is 0 Å². The molecule has 4 aromatic rings. The van der Waals surface area contributed by atoms with E-state index in [-0.39, 0.29) is 17.6 Å². The normalized spacial score (nSPS) is 15.8. The summed E-state index contributed by atoms with van der Waals surface area (Å²) < 4.78 is 7.21. The van der Waals surface area contributed by atoms with Crippen molar-refractivity contribution in [3.63, 3.8) is 0 Å². The van der Waals surface area contributed by atoms with Crippen LogP contribution in [-0.2, 0) is 24.1 Å². The molecule has 5 rings (SSSR count). The van der Waals surface area contributed by atoms with E-state index < -0.39 is 0 Å². The van der Waals surface area contributed by atoms with Crippen LogP contribution in [0.2, 0.25) is 0 Å². The molecule has 1 aliphatic rings. The van der Waals surface area contributed by atoms with Gasteiger partial charge in [-0.3, -0.25) is 9.36 Å². The lowest BCUT2D eigenvalue weighted by Gasteiger charge is -2.14. The van der Waals surface area contributed by atoms with Crippen LogP contribution in [-0.4, -0.2) is 22.3 Å². The predicted octanol–water partition coefficient (Wildman–Crippen LogP) is 5.00. The summed E-state index contributed by atoms with van der Waals surface area (Å²) in [6, 6.07) is 25.1. The van der Waals surface area contributed by atoms with Gasteiger partial charge in [-0.15, -0.1) is 0 Å². The van der Waals surface area contributed by atoms with Crippen molar-refractivity contribution in [2.75, 3.05) is 12.3 Å². The van der Waals surface area contributed by atoms with E-state index in [4.69, 9.17) is 10.5 Å². The average molecular weight is 440 g/mol. The first-order valence-electron chi connectivity index (χ1n) is 11.7. The number of nitrogens with two attached hydrogens (primary N) is 1. The Hall–Kier alpha value is -3.44. The molecule has 1 atom stereocenters. The average Bonchev–Trinajstić information content (AvgIpc) is 3.36. The Kier molecular flexibility index (Phi) is 6.22. The molecule has 2 N–H and O–H groups in total. The number of hydrogen-bond acceptors (Lipinski definition) is 4. The number of anilines is 1. The summed E-state index contributed by atoms with van der Waals surface area (Å²) in [7, 11) is 0. The van der Waals surface area contributed by atoms with Gasteiger partial charge in [-0.2, -0.15) is 0 Å². The molecule has 0 bridgehead atoms. The molecule has 1 unspecified atom stereocenters. The van der Waals surface area contributed by atoms with Crippen molar-refractivity contribution in [2.24, 2.45) is 0 Å². The Morgan fingerprint density at radius 3 is 2.39 bits per heavy atom. The number of aryl methyl sites for hydroxylation is 2. The second-order valence-corrected chi connectivity index (χ2v) is 8.79. The molecule has 0 spiro atoms. The minimum Gasteiger partial charge on any atom is -0.376 e. The number of fused-ring (bicyclic) bond motifs is 1. The van der Waals surface area contributed by atoms with Gasteiger partial charge in [-0.1, -0.05) is 60.7 Å². The van der Waals surface area contributed by atoms with Gasteiger partial charge in [0.25, 0.3) is 5.56 Å². The van der Waals surface area contributed by atoms with E-state index >= 15 is 0 Å². The smallest absolute Gasteiger partial charge is 0.262 e. The van der Waals surface area contributed by atoms with Gasteiger partial charge in [0.2, 0.25) is 5.95 Å². The quantitative estimate of drug-likeness (QED) is 0.440. The maximum atomic E-state index is 13.0. The van der Waals surface area contributed by atoms with Crippen LogP contribution in [0.4, 0.5) is 5.95 Å². The second kappa shape index (κ2) is 9.59. The lowest BCUT2D eigenvalue weighted by Crippen LogP contribution is -2.29. The van der Waals surface area contributed by atoms with Crippen molar-refractivity contribution in [1.82, 2.24) is 9.55 Å². The van der Waals surface area contributed by atoms with E-state index in [9.17, 15) is 4.79 Å². The van der Waals surface area contributed by atoms with Crippen LogP contribution in [0.3, 0.4) is 0 Å². The fourth-order valence-electron chi connectivity index (χ4n) is 4.59. The zero-order chi connectivity index (χ0) is 22.6. The molecular weight excluding hydrogens is 410 g/mol. The van der Waals surface area contributed by atoms with Crippen LogP contribution in [0.1, 0.15) is 30.4 Å². The van der Waals surface area contributed by atoms with Gasteiger partial charge in [0.1, 0.15) is 0 Å². The minimum absolute atomic E-state index is 0.0368. The summed E-state index contributed by atoms with van der Waals surface area (Å²) in [5.74, 6) is 0.244. The lowest BCUT2D eigenvalue weighted by atomic mass is 9.99. The summed E-state index contributed by atoms with van der Waals surface area (Å²) in [5.41, 5.74) is 11.5. The third-order valence-electron chi connectivity index (χ3n) is 6.46. The number of ether oxygens (including phenoxy) is 1. The number of hydrogen-bond donors (Lipinski definition) is 1. The molecule has 0 amide bonds. The van der Waals surface area contributed by atoms with Crippen LogP contribution in [0.5, 0.6) is 0 Å². The number of nitrogen functional groups attached to an aromatic ring is 1. The topological polar surface area (TPSA) is 70.1 Å². The molecule has 5 nitrogen and oxygen atoms in total. The van der Waals surface area contributed by atoms with Gasteiger partial charge >= 0.3 is 0 Å². The van der Waals surface area contributed by atoms with Crippen LogP contribution in [0.15, 0.2) is 77.6 Å². The molecule has 3 aromatic carbocycles. The van der Waals surface area contributed by atoms with Gasteiger partial charge < -0.3 is 10.5 Å². The first-order chi connectivity index (χ1) is 16.2. The third-order valence-corrected chi connectivity index (χ3v) is 6.46. The van der Waals surface area contributed by atoms with Crippen molar-refractivity contribution in [1.29, 1.82) is 0 Å². The van der Waals surface area contributed by atoms with E-state index in [0.717, 1.165) is 49.8 Å². The highest BCUT2D eigenvalue weighted by molar-refractivity contribution is 5.84. The maximum absolute atomic E-state index is 13.0. The molecule has 2 heterocycles. The molecule has 1 saturated heterocycles. The zero-order valence-corrected chi connectivity index (χ0v) is 18.7. The monoisotopic (exact) mass is 439 g/mol. The van der Waals surface area contributed by atoms with Crippen LogP contribution in [0.25, 0.3) is 22.0 Å². The van der Waals surface area contributed by atoms with Crippen molar-refractivity contribution in [3.8, 4) is 11.1 Å². The Morgan fingerprint density at radius 1 is 0.939 bits per heavy atom. The molecule has 1 aromatic heterocycles. The summed E-state index contributed by atoms with van der Waals surface area (Å²) in [5, 5.41) is 0.587. The van der Waals surface area contributed by atoms with E-state index in [1.54, 1.807) is 4.57 Å². The Bertz CT molecular complexity index is 1290. The highest BCUT2D eigenvalue weighted by Gasteiger charge is 2.19. The molecule has 1 aliphatic heterocycles. The van der Waals surface area contributed by atoms with Gasteiger partial charge in [0, 0.05) is 6.61 Å². The van der Waals surface area contributed by atoms with Crippen LogP contribution >= 0.6 is 0 Å². The third kappa shape index (κ3) is 4.83. The Balaban J connectivity index is 1.31. The van der Waals surface area contributed by atoms with E-state index in [1.807, 2.05) is 18.2 Å². The predicted molar refractivity (Wildman–Crippen MR) is 133 cm³/mol. The summed E-state index contributed by atoms with van der Waals surface area (Å²) in [4.78, 5) is 17.6. The zero-order valence-electron chi connectivity index (χ0n) is 18.7. The molecule has 168 valence electrons. The summed E-state index contributed by atoms with van der Waals surface area (Å²) in [6.07, 6.45) is 5.27. The second-order valence-electron chi connectivity index (χ2n) is 8.79. The molecule has 0 saturated carbocycles. The Morgan fingerprint density at radius 2 is 1.67 bits per heavy atom. The fourth-order valence-corrected chi connectivity index (χ4v) is 4.59. The van der Waals surface area contributed by atoms with E-state index in [1.165, 1.54) is 11.1 Å². The molecule has 1 fully saturated rings. The Labute approximate surface area is 193 Å². The highest BCUT2D eigenvalue weighted by Crippen LogP contribution is 2.24. The molecule has 0 aliphatic carbocycles. The minimum atomic E-state index is -0.103. The standard InChI is InChI=1S/C28H29N3O2/c29-28-30-26-18-23(15-16-25(26)27(32)31(28)19-24-10-5-17-33-24)22-13-11-21(12-14-22)9-4-8-20-6-2-1-3-7-20/h1-3,6-7,11-16,18,24H,4-5,8-10,17,19H2,(H2,29,30). The first-order valence-corrected chi connectivity index (χ1v) is 11.7. The first kappa shape index (κ1) is 21.4. The van der Waals surface area contributed by atoms with Gasteiger partial charge in [-0.05, 0) is 66.5 Å². The largest absolute Gasteiger partial charge is 0.376 e. The number of rotatable bonds is 7. The molecule has 5 heteroatoms. The van der Waals surface area contributed by atoms with Crippen molar-refractivity contribution in [3.05, 3.63) is 94.3 Å². The number of nitrogens with zero attached hydrogens (tertiary/aromatic N) is 2. The summed E-state index contributed by atoms with van der Waals surface area (Å²) in [6.45, 7) is 1.20. The van der Waals surface area contributed by atoms with E-state index in [2.05, 4.69) is 59.6 Å². The van der Waals surface area contributed by atoms with E-state index in [0.29, 0.717) is 17.4 Å². The van der Waals surface area contributed by atoms with Crippen molar-refractivity contribution in [2.45, 2.75) is 44.8 Å². The van der Waals surface area contributed by atoms with Crippen molar-refractivity contribution < 1.29 is 4.74 Å². The summed E-state index contributed by atoms with van der Waals surface area (Å²) >= 11 is 0. The van der Waals surface area contributed by atoms with Gasteiger partial charge in [-0.25, -0.2) is 4.98 Å². The molecule has 0 radical (unpaired) electrons. The lowest BCUT2D eigenvalue weighted by molar-refractivity contribution is 0.0966. The maximum Gasteiger partial charge on any atom is 0.262 e. The van der Waals surface area contributed by atoms with Crippen molar-refractivity contribution >= 4 is 16.9 Å². The van der Waals surface area contributed by atoms with Gasteiger partial charge in [0.05, 0.1) is 23.6 Å². The number of aromatic nitrogens is 2. The number of benzene rings is 3. The SMILES string of the molecule is Nc1nc2cc(-c3ccc(CCCc4ccccc4)cc3)ccc2c(=O)n1CC1CCCO1. The fraction of sp³-hybridized carbons (Fsp3) is 0.286. The van der Waals surface area contributed by atoms with Gasteiger partial charge in [0.15, 0.2) is 0 Å². The highest BCUT2D eigenvalue weighted by atomic mass is 16.5. The molecule has 33 heavy (non-hydrogen) atoms. The van der Waals surface area contributed by atoms with Crippen LogP contribution < -0.4 is 11.3 Å². The molecular formula is C28H29N3O2.